The fourth-order valence-electron chi connectivity index (χ4n) is 0. The first-order valence-corrected chi connectivity index (χ1v) is 1.70. The van der Waals surface area contributed by atoms with Crippen molar-refractivity contribution in [1.82, 2.24) is 0 Å². The molecule has 0 fully saturated rings. The molecule has 0 bridgehead atoms. The van der Waals surface area contributed by atoms with E-state index in [1.807, 2.05) is 0 Å². The van der Waals surface area contributed by atoms with Crippen LogP contribution in [0.5, 0.6) is 0 Å². The second-order valence-electron chi connectivity index (χ2n) is 0.238. The van der Waals surface area contributed by atoms with Crippen molar-refractivity contribution in [2.24, 2.45) is 0 Å². The fourth-order valence-corrected chi connectivity index (χ4v) is 0. The number of hydrogen-bond acceptors (Lipinski definition) is 2. The first-order valence-electron chi connectivity index (χ1n) is 0.565. The summed E-state index contributed by atoms with van der Waals surface area (Å²) in [5.74, 6) is 0. The highest BCUT2D eigenvalue weighted by atomic mass is 35.5. The molecule has 0 amide bonds. The van der Waals surface area contributed by atoms with Crippen molar-refractivity contribution in [2.75, 3.05) is 0 Å². The molecule has 0 saturated carbocycles. The summed E-state index contributed by atoms with van der Waals surface area (Å²) in [6, 6.07) is 0. The molecule has 50 valence electrons. The van der Waals surface area contributed by atoms with Crippen LogP contribution in [0.1, 0.15) is 0 Å². The van der Waals surface area contributed by atoms with Gasteiger partial charge in [0.25, 0.3) is 11.0 Å². The van der Waals surface area contributed by atoms with Gasteiger partial charge in [0, 0.05) is 0 Å². The average molecular weight is 187 g/mol. The van der Waals surface area contributed by atoms with Gasteiger partial charge in [0.2, 0.25) is 0 Å². The topological polar surface area (TPSA) is 54.4 Å². The largest absolute Gasteiger partial charge is 0.288 e. The molecule has 7 heavy (non-hydrogen) atoms. The smallest absolute Gasteiger partial charge is 0.254 e. The lowest BCUT2D eigenvalue weighted by Crippen LogP contribution is -1.58. The Hall–Kier alpha value is 1.06. The molecule has 0 heterocycles. The predicted molar refractivity (Wildman–Crippen MR) is 42.4 cm³/mol. The maximum atomic E-state index is 8.59. The van der Waals surface area contributed by atoms with Gasteiger partial charge < -0.3 is 0 Å². The molecule has 2 unspecified atom stereocenters. The van der Waals surface area contributed by atoms with E-state index >= 15 is 0 Å². The summed E-state index contributed by atoms with van der Waals surface area (Å²) in [5, 5.41) is 0. The van der Waals surface area contributed by atoms with Gasteiger partial charge in [-0.25, -0.2) is 8.42 Å². The molecular formula is H9ClO3P2S. The molecular weight excluding hydrogens is 177 g/mol. The zero-order valence-corrected chi connectivity index (χ0v) is 8.07. The van der Waals surface area contributed by atoms with Gasteiger partial charge in [-0.1, -0.05) is 0 Å². The lowest BCUT2D eigenvalue weighted by Gasteiger charge is -1.43. The molecule has 0 radical (unpaired) electrons. The summed E-state index contributed by atoms with van der Waals surface area (Å²) in [4.78, 5) is 0. The second kappa shape index (κ2) is 15.7. The van der Waals surface area contributed by atoms with E-state index in [1.54, 1.807) is 0 Å². The zero-order valence-electron chi connectivity index (χ0n) is 3.53. The number of rotatable bonds is 0. The van der Waals surface area contributed by atoms with Gasteiger partial charge in [-0.3, -0.25) is 4.55 Å². The van der Waals surface area contributed by atoms with Crippen molar-refractivity contribution >= 4 is 43.2 Å². The summed E-state index contributed by atoms with van der Waals surface area (Å²) in [5.41, 5.74) is 0. The Labute approximate surface area is 56.7 Å². The molecule has 0 aliphatic carbocycles. The van der Waals surface area contributed by atoms with E-state index in [1.165, 1.54) is 0 Å². The SMILES string of the molecule is Cl.O=[SH](=O)O.P.P. The first-order chi connectivity index (χ1) is 1.73. The van der Waals surface area contributed by atoms with E-state index < -0.39 is 11.0 Å². The third kappa shape index (κ3) is 161. The predicted octanol–water partition coefficient (Wildman–Crippen LogP) is -0.391. The molecule has 0 spiro atoms. The molecule has 1 N–H and O–H groups in total. The summed E-state index contributed by atoms with van der Waals surface area (Å²) >= 11 is 0. The standard InChI is InChI=1S/ClH.H2O3S.2H3P/c;1-4(2)3;;/h1H;4H,(H,1,2,3);2*1H3. The Bertz CT molecular complexity index is 61.3. The minimum atomic E-state index is -3.12. The lowest BCUT2D eigenvalue weighted by atomic mass is 15.9. The molecule has 0 aromatic carbocycles. The van der Waals surface area contributed by atoms with E-state index in [0.29, 0.717) is 0 Å². The van der Waals surface area contributed by atoms with Gasteiger partial charge in [-0.05, 0) is 0 Å². The third-order valence-electron chi connectivity index (χ3n) is 0. The molecule has 0 aliphatic heterocycles. The monoisotopic (exact) mass is 186 g/mol. The number of hydrogen-bond donors (Lipinski definition) is 2. The summed E-state index contributed by atoms with van der Waals surface area (Å²) in [6.07, 6.45) is 0. The third-order valence-corrected chi connectivity index (χ3v) is 0. The number of halogens is 1. The minimum absolute atomic E-state index is 0. The summed E-state index contributed by atoms with van der Waals surface area (Å²) in [6.45, 7) is 0. The van der Waals surface area contributed by atoms with Gasteiger partial charge in [-0.15, -0.1) is 12.4 Å². The lowest BCUT2D eigenvalue weighted by molar-refractivity contribution is 0.509. The highest BCUT2D eigenvalue weighted by molar-refractivity contribution is 7.66. The fraction of sp³-hybridized carbons (Fsp3) is 0. The molecule has 0 aliphatic rings. The molecule has 2 atom stereocenters. The van der Waals surface area contributed by atoms with Crippen LogP contribution in [-0.2, 0) is 11.0 Å². The van der Waals surface area contributed by atoms with Crippen LogP contribution in [0.15, 0.2) is 0 Å². The summed E-state index contributed by atoms with van der Waals surface area (Å²) in [7, 11) is -3.12. The van der Waals surface area contributed by atoms with Crippen LogP contribution in [0.4, 0.5) is 0 Å². The molecule has 7 heteroatoms. The normalized spacial score (nSPS) is 4.86. The van der Waals surface area contributed by atoms with Crippen molar-refractivity contribution in [1.29, 1.82) is 0 Å². The molecule has 3 nitrogen and oxygen atoms in total. The van der Waals surface area contributed by atoms with Crippen LogP contribution in [0, 0.1) is 0 Å². The van der Waals surface area contributed by atoms with Crippen molar-refractivity contribution < 1.29 is 13.0 Å². The Morgan fingerprint density at radius 2 is 1.14 bits per heavy atom. The van der Waals surface area contributed by atoms with Crippen molar-refractivity contribution in [3.05, 3.63) is 0 Å². The quantitative estimate of drug-likeness (QED) is 0.308. The first kappa shape index (κ1) is 24.4. The van der Waals surface area contributed by atoms with Crippen LogP contribution < -0.4 is 0 Å². The van der Waals surface area contributed by atoms with Gasteiger partial charge in [0.15, 0.2) is 0 Å². The van der Waals surface area contributed by atoms with Crippen LogP contribution in [0.25, 0.3) is 0 Å². The minimum Gasteiger partial charge on any atom is -0.288 e. The van der Waals surface area contributed by atoms with Gasteiger partial charge in [0.05, 0.1) is 0 Å². The van der Waals surface area contributed by atoms with E-state index in [4.69, 9.17) is 13.0 Å². The summed E-state index contributed by atoms with van der Waals surface area (Å²) < 4.78 is 24.2. The van der Waals surface area contributed by atoms with Crippen molar-refractivity contribution in [3.8, 4) is 0 Å². The van der Waals surface area contributed by atoms with E-state index in [0.717, 1.165) is 0 Å². The van der Waals surface area contributed by atoms with Gasteiger partial charge in [0.1, 0.15) is 0 Å². The van der Waals surface area contributed by atoms with E-state index in [9.17, 15) is 0 Å². The van der Waals surface area contributed by atoms with Crippen molar-refractivity contribution in [3.63, 3.8) is 0 Å². The molecule has 0 rings (SSSR count). The number of thiol groups is 1. The van der Waals surface area contributed by atoms with Gasteiger partial charge >= 0.3 is 0 Å². The Morgan fingerprint density at radius 3 is 1.14 bits per heavy atom. The Morgan fingerprint density at radius 1 is 1.14 bits per heavy atom. The van der Waals surface area contributed by atoms with Gasteiger partial charge in [-0.2, -0.15) is 19.8 Å². The Kier molecular flexibility index (Phi) is 54.8. The second-order valence-corrected chi connectivity index (χ2v) is 0.714. The van der Waals surface area contributed by atoms with Crippen LogP contribution >= 0.6 is 32.2 Å². The average Bonchev–Trinajstić information content (AvgIpc) is 0.811. The highest BCUT2D eigenvalue weighted by Gasteiger charge is 1.44. The van der Waals surface area contributed by atoms with E-state index in [-0.39, 0.29) is 32.2 Å². The van der Waals surface area contributed by atoms with Crippen LogP contribution in [-0.4, -0.2) is 13.0 Å². The maximum absolute atomic E-state index is 8.59. The van der Waals surface area contributed by atoms with Crippen LogP contribution in [0.3, 0.4) is 0 Å². The Balaban J connectivity index is -0.0000000150. The molecule has 0 aromatic heterocycles. The molecule has 0 saturated heterocycles. The van der Waals surface area contributed by atoms with E-state index in [2.05, 4.69) is 0 Å². The van der Waals surface area contributed by atoms with Crippen molar-refractivity contribution in [2.45, 2.75) is 0 Å². The highest BCUT2D eigenvalue weighted by Crippen LogP contribution is 1.27. The molecule has 0 aromatic rings. The van der Waals surface area contributed by atoms with Crippen LogP contribution in [0.2, 0.25) is 0 Å². The zero-order chi connectivity index (χ0) is 3.58. The maximum Gasteiger partial charge on any atom is 0.254 e.